The number of ether oxygens (including phenoxy) is 2. The maximum Gasteiger partial charge on any atom is 0.119 e. The van der Waals surface area contributed by atoms with Crippen molar-refractivity contribution in [3.8, 4) is 23.8 Å². The molecule has 0 amide bonds. The summed E-state index contributed by atoms with van der Waals surface area (Å²) in [6.45, 7) is 3.01. The summed E-state index contributed by atoms with van der Waals surface area (Å²) in [4.78, 5) is 4.21. The van der Waals surface area contributed by atoms with Crippen LogP contribution in [0.3, 0.4) is 0 Å². The molecule has 0 aliphatic heterocycles. The molecule has 0 N–H and O–H groups in total. The molecule has 0 radical (unpaired) electrons. The monoisotopic (exact) mass is 454 g/mol. The first-order valence-corrected chi connectivity index (χ1v) is 11.5. The van der Waals surface area contributed by atoms with E-state index in [1.165, 1.54) is 0 Å². The number of likely N-dealkylation sites (N-methyl/N-ethyl adjacent to an activating group) is 2. The lowest BCUT2D eigenvalue weighted by Gasteiger charge is -2.14. The van der Waals surface area contributed by atoms with Gasteiger partial charge in [-0.1, -0.05) is 42.3 Å². The lowest BCUT2D eigenvalue weighted by atomic mass is 9.94. The first-order valence-electron chi connectivity index (χ1n) is 11.5. The molecule has 3 rings (SSSR count). The lowest BCUT2D eigenvalue weighted by Crippen LogP contribution is -2.19. The van der Waals surface area contributed by atoms with Gasteiger partial charge in [0.2, 0.25) is 0 Å². The standard InChI is InChI=1S/C30H34N2O2/c1-6-24-13-15-26(16-14-24)30(27-10-8-12-29(23-27)34-20-18-32(4)5)22-25-9-7-11-28(21-25)33-19-17-31(2)3/h1,7-16,21-23H,17-20H2,2-5H3/b30-22-. The van der Waals surface area contributed by atoms with Crippen molar-refractivity contribution in [3.63, 3.8) is 0 Å². The number of terminal acetylenes is 1. The van der Waals surface area contributed by atoms with Gasteiger partial charge in [0.15, 0.2) is 0 Å². The van der Waals surface area contributed by atoms with E-state index in [-0.39, 0.29) is 0 Å². The Balaban J connectivity index is 1.94. The molecule has 4 heteroatoms. The maximum atomic E-state index is 5.99. The fraction of sp³-hybridized carbons (Fsp3) is 0.267. The zero-order chi connectivity index (χ0) is 24.3. The van der Waals surface area contributed by atoms with Gasteiger partial charge in [0, 0.05) is 18.7 Å². The molecule has 0 aromatic heterocycles. The molecule has 3 aromatic carbocycles. The normalized spacial score (nSPS) is 11.5. The molecular weight excluding hydrogens is 420 g/mol. The van der Waals surface area contributed by atoms with Crippen LogP contribution in [0.2, 0.25) is 0 Å². The summed E-state index contributed by atoms with van der Waals surface area (Å²) in [5.41, 5.74) is 5.18. The first kappa shape index (κ1) is 25.1. The second-order valence-electron chi connectivity index (χ2n) is 8.68. The SMILES string of the molecule is C#Cc1ccc(/C(=C/c2cccc(OCCN(C)C)c2)c2cccc(OCCN(C)C)c2)cc1. The molecule has 0 aliphatic carbocycles. The summed E-state index contributed by atoms with van der Waals surface area (Å²) in [6, 6.07) is 24.5. The topological polar surface area (TPSA) is 24.9 Å². The largest absolute Gasteiger partial charge is 0.492 e. The van der Waals surface area contributed by atoms with E-state index >= 15 is 0 Å². The minimum absolute atomic E-state index is 0.638. The van der Waals surface area contributed by atoms with E-state index in [4.69, 9.17) is 15.9 Å². The molecule has 0 fully saturated rings. The molecule has 0 unspecified atom stereocenters. The molecule has 0 aliphatic rings. The Morgan fingerprint density at radius 2 is 1.35 bits per heavy atom. The van der Waals surface area contributed by atoms with Crippen molar-refractivity contribution in [2.24, 2.45) is 0 Å². The minimum atomic E-state index is 0.638. The average Bonchev–Trinajstić information content (AvgIpc) is 2.83. The fourth-order valence-electron chi connectivity index (χ4n) is 3.39. The van der Waals surface area contributed by atoms with E-state index in [2.05, 4.69) is 58.2 Å². The van der Waals surface area contributed by atoms with Gasteiger partial charge in [-0.25, -0.2) is 0 Å². The average molecular weight is 455 g/mol. The van der Waals surface area contributed by atoms with E-state index in [9.17, 15) is 0 Å². The Morgan fingerprint density at radius 3 is 1.94 bits per heavy atom. The Kier molecular flexibility index (Phi) is 9.34. The summed E-state index contributed by atoms with van der Waals surface area (Å²) < 4.78 is 11.9. The van der Waals surface area contributed by atoms with Crippen molar-refractivity contribution in [1.29, 1.82) is 0 Å². The molecule has 0 atom stereocenters. The van der Waals surface area contributed by atoms with Crippen LogP contribution in [0.5, 0.6) is 11.5 Å². The van der Waals surface area contributed by atoms with Gasteiger partial charge >= 0.3 is 0 Å². The third kappa shape index (κ3) is 7.81. The van der Waals surface area contributed by atoms with Crippen LogP contribution in [0, 0.1) is 12.3 Å². The van der Waals surface area contributed by atoms with Gasteiger partial charge in [-0.2, -0.15) is 0 Å². The highest BCUT2D eigenvalue weighted by atomic mass is 16.5. The Morgan fingerprint density at radius 1 is 0.765 bits per heavy atom. The third-order valence-corrected chi connectivity index (χ3v) is 5.29. The lowest BCUT2D eigenvalue weighted by molar-refractivity contribution is 0.261. The molecule has 3 aromatic rings. The van der Waals surface area contributed by atoms with E-state index in [1.807, 2.05) is 64.6 Å². The Labute approximate surface area is 204 Å². The van der Waals surface area contributed by atoms with Crippen molar-refractivity contribution >= 4 is 11.6 Å². The molecule has 34 heavy (non-hydrogen) atoms. The van der Waals surface area contributed by atoms with Gasteiger partial charge in [0.05, 0.1) is 0 Å². The van der Waals surface area contributed by atoms with Crippen LogP contribution in [0.15, 0.2) is 72.8 Å². The highest BCUT2D eigenvalue weighted by Gasteiger charge is 2.08. The van der Waals surface area contributed by atoms with Gasteiger partial charge < -0.3 is 19.3 Å². The van der Waals surface area contributed by atoms with Crippen molar-refractivity contribution in [1.82, 2.24) is 9.80 Å². The number of benzene rings is 3. The van der Waals surface area contributed by atoms with Gasteiger partial charge in [-0.05, 0) is 92.9 Å². The van der Waals surface area contributed by atoms with Gasteiger partial charge in [-0.3, -0.25) is 0 Å². The molecule has 0 saturated heterocycles. The van der Waals surface area contributed by atoms with Gasteiger partial charge in [0.25, 0.3) is 0 Å². The predicted molar refractivity (Wildman–Crippen MR) is 142 cm³/mol. The second kappa shape index (κ2) is 12.6. The van der Waals surface area contributed by atoms with Crippen LogP contribution < -0.4 is 9.47 Å². The number of hydrogen-bond acceptors (Lipinski definition) is 4. The molecule has 0 spiro atoms. The fourth-order valence-corrected chi connectivity index (χ4v) is 3.39. The van der Waals surface area contributed by atoms with Crippen LogP contribution in [0.1, 0.15) is 22.3 Å². The van der Waals surface area contributed by atoms with Gasteiger partial charge in [-0.15, -0.1) is 6.42 Å². The quantitative estimate of drug-likeness (QED) is 0.296. The zero-order valence-corrected chi connectivity index (χ0v) is 20.6. The molecule has 4 nitrogen and oxygen atoms in total. The maximum absolute atomic E-state index is 5.99. The highest BCUT2D eigenvalue weighted by Crippen LogP contribution is 2.30. The Bertz CT molecular complexity index is 1130. The predicted octanol–water partition coefficient (Wildman–Crippen LogP) is 5.14. The highest BCUT2D eigenvalue weighted by molar-refractivity contribution is 5.92. The van der Waals surface area contributed by atoms with Crippen molar-refractivity contribution in [2.45, 2.75) is 0 Å². The minimum Gasteiger partial charge on any atom is -0.492 e. The number of hydrogen-bond donors (Lipinski definition) is 0. The molecular formula is C30H34N2O2. The van der Waals surface area contributed by atoms with Crippen LogP contribution in [0.4, 0.5) is 0 Å². The van der Waals surface area contributed by atoms with Crippen LogP contribution in [-0.2, 0) is 0 Å². The molecule has 0 saturated carbocycles. The van der Waals surface area contributed by atoms with Gasteiger partial charge in [0.1, 0.15) is 24.7 Å². The summed E-state index contributed by atoms with van der Waals surface area (Å²) in [6.07, 6.45) is 7.76. The van der Waals surface area contributed by atoms with Crippen molar-refractivity contribution in [2.75, 3.05) is 54.5 Å². The zero-order valence-electron chi connectivity index (χ0n) is 20.6. The third-order valence-electron chi connectivity index (χ3n) is 5.29. The molecule has 176 valence electrons. The van der Waals surface area contributed by atoms with E-state index < -0.39 is 0 Å². The van der Waals surface area contributed by atoms with Crippen LogP contribution >= 0.6 is 0 Å². The van der Waals surface area contributed by atoms with Crippen LogP contribution in [-0.4, -0.2) is 64.3 Å². The number of rotatable bonds is 11. The molecule has 0 bridgehead atoms. The smallest absolute Gasteiger partial charge is 0.119 e. The summed E-state index contributed by atoms with van der Waals surface area (Å²) in [7, 11) is 8.16. The van der Waals surface area contributed by atoms with E-state index in [0.717, 1.165) is 52.4 Å². The number of nitrogens with zero attached hydrogens (tertiary/aromatic N) is 2. The second-order valence-corrected chi connectivity index (χ2v) is 8.68. The van der Waals surface area contributed by atoms with Crippen LogP contribution in [0.25, 0.3) is 11.6 Å². The van der Waals surface area contributed by atoms with Crippen molar-refractivity contribution < 1.29 is 9.47 Å². The Hall–Kier alpha value is -3.52. The van der Waals surface area contributed by atoms with Crippen molar-refractivity contribution in [3.05, 3.63) is 95.1 Å². The van der Waals surface area contributed by atoms with E-state index in [1.54, 1.807) is 0 Å². The molecule has 0 heterocycles. The summed E-state index contributed by atoms with van der Waals surface area (Å²) in [5.74, 6) is 4.41. The summed E-state index contributed by atoms with van der Waals surface area (Å²) in [5, 5.41) is 0. The van der Waals surface area contributed by atoms with E-state index in [0.29, 0.717) is 13.2 Å². The summed E-state index contributed by atoms with van der Waals surface area (Å²) >= 11 is 0. The first-order chi connectivity index (χ1) is 16.4.